The maximum atomic E-state index is 11.7. The molecule has 0 aliphatic heterocycles. The molecule has 6 heteroatoms. The minimum Gasteiger partial charge on any atom is -0.447 e. The zero-order chi connectivity index (χ0) is 9.03. The third-order valence-corrected chi connectivity index (χ3v) is 2.14. The van der Waals surface area contributed by atoms with Crippen LogP contribution in [-0.2, 0) is 4.74 Å². The summed E-state index contributed by atoms with van der Waals surface area (Å²) in [7, 11) is 0. The molecule has 1 nitrogen and oxygen atoms in total. The number of halogens is 3. The van der Waals surface area contributed by atoms with Crippen LogP contribution in [0.1, 0.15) is 25.7 Å². The van der Waals surface area contributed by atoms with E-state index in [-0.39, 0.29) is 51.4 Å². The monoisotopic (exact) mass is 220 g/mol. The average molecular weight is 220 g/mol. The molecule has 0 radical (unpaired) electrons. The molecule has 0 unspecified atom stereocenters. The van der Waals surface area contributed by atoms with Gasteiger partial charge in [-0.2, -0.15) is 0 Å². The van der Waals surface area contributed by atoms with Gasteiger partial charge in [-0.3, -0.25) is 0 Å². The number of hydrogen-bond donors (Lipinski definition) is 0. The Morgan fingerprint density at radius 3 is 2.15 bits per heavy atom. The Morgan fingerprint density at radius 2 is 1.69 bits per heavy atom. The van der Waals surface area contributed by atoms with E-state index in [9.17, 15) is 12.9 Å². The minimum atomic E-state index is -4.75. The first-order valence-corrected chi connectivity index (χ1v) is 4.36. The van der Waals surface area contributed by atoms with Gasteiger partial charge in [-0.15, -0.1) is 0 Å². The van der Waals surface area contributed by atoms with Crippen LogP contribution in [0, 0.1) is 5.92 Å². The van der Waals surface area contributed by atoms with Crippen LogP contribution in [-0.4, -0.2) is 20.1 Å². The largest absolute Gasteiger partial charge is 1.00 e. The van der Waals surface area contributed by atoms with Gasteiger partial charge in [0, 0.05) is 13.1 Å². The fourth-order valence-electron chi connectivity index (χ4n) is 1.55. The van der Waals surface area contributed by atoms with E-state index in [0.29, 0.717) is 12.5 Å². The maximum absolute atomic E-state index is 11.7. The smallest absolute Gasteiger partial charge is 0.447 e. The standard InChI is InChI=1S/C7H13BF3O.K/c9-8(10,11)6-12-5-7-3-1-2-4-7;/h7H,1-6H2;/q-1;+1. The first kappa shape index (κ1) is 14.5. The van der Waals surface area contributed by atoms with Gasteiger partial charge < -0.3 is 17.7 Å². The summed E-state index contributed by atoms with van der Waals surface area (Å²) in [6, 6.07) is 0. The van der Waals surface area contributed by atoms with Crippen molar-refractivity contribution >= 4 is 6.98 Å². The molecule has 1 rings (SSSR count). The van der Waals surface area contributed by atoms with E-state index in [1.54, 1.807) is 0 Å². The van der Waals surface area contributed by atoms with Gasteiger partial charge in [-0.05, 0) is 18.8 Å². The van der Waals surface area contributed by atoms with Crippen LogP contribution in [0.5, 0.6) is 0 Å². The summed E-state index contributed by atoms with van der Waals surface area (Å²) in [5, 5.41) is 0. The van der Waals surface area contributed by atoms with Crippen molar-refractivity contribution in [2.45, 2.75) is 25.7 Å². The summed E-state index contributed by atoms with van der Waals surface area (Å²) in [6.07, 6.45) is 4.35. The summed E-state index contributed by atoms with van der Waals surface area (Å²) in [5.74, 6) is 0.378. The number of ether oxygens (including phenoxy) is 1. The third kappa shape index (κ3) is 7.39. The van der Waals surface area contributed by atoms with E-state index in [0.717, 1.165) is 25.7 Å². The van der Waals surface area contributed by atoms with Crippen LogP contribution >= 0.6 is 0 Å². The molecule has 1 aliphatic rings. The van der Waals surface area contributed by atoms with Gasteiger partial charge in [0.1, 0.15) is 0 Å². The molecule has 13 heavy (non-hydrogen) atoms. The first-order chi connectivity index (χ1) is 5.58. The van der Waals surface area contributed by atoms with E-state index in [1.807, 2.05) is 0 Å². The normalized spacial score (nSPS) is 18.7. The second kappa shape index (κ2) is 6.85. The van der Waals surface area contributed by atoms with Gasteiger partial charge in [0.2, 0.25) is 0 Å². The van der Waals surface area contributed by atoms with Crippen molar-refractivity contribution in [1.29, 1.82) is 0 Å². The molecule has 0 spiro atoms. The second-order valence-corrected chi connectivity index (χ2v) is 3.40. The summed E-state index contributed by atoms with van der Waals surface area (Å²) in [5.41, 5.74) is 0. The Morgan fingerprint density at radius 1 is 1.15 bits per heavy atom. The predicted molar refractivity (Wildman–Crippen MR) is 41.9 cm³/mol. The summed E-state index contributed by atoms with van der Waals surface area (Å²) in [6.45, 7) is -5.48. The van der Waals surface area contributed by atoms with Crippen molar-refractivity contribution < 1.29 is 69.1 Å². The van der Waals surface area contributed by atoms with Gasteiger partial charge in [0.15, 0.2) is 0 Å². The van der Waals surface area contributed by atoms with Gasteiger partial charge >= 0.3 is 58.4 Å². The molecule has 0 atom stereocenters. The summed E-state index contributed by atoms with van der Waals surface area (Å²) < 4.78 is 39.6. The molecule has 0 bridgehead atoms. The van der Waals surface area contributed by atoms with Crippen molar-refractivity contribution in [3.8, 4) is 0 Å². The molecule has 0 aromatic rings. The molecule has 1 saturated carbocycles. The van der Waals surface area contributed by atoms with Gasteiger partial charge in [-0.1, -0.05) is 12.8 Å². The molecule has 0 N–H and O–H groups in total. The Balaban J connectivity index is 0.00000144. The van der Waals surface area contributed by atoms with E-state index in [4.69, 9.17) is 0 Å². The maximum Gasteiger partial charge on any atom is 1.00 e. The van der Waals surface area contributed by atoms with Crippen LogP contribution in [0.15, 0.2) is 0 Å². The first-order valence-electron chi connectivity index (χ1n) is 4.36. The van der Waals surface area contributed by atoms with Crippen LogP contribution in [0.4, 0.5) is 12.9 Å². The van der Waals surface area contributed by atoms with Gasteiger partial charge in [-0.25, -0.2) is 0 Å². The van der Waals surface area contributed by atoms with Crippen LogP contribution < -0.4 is 51.4 Å². The molecule has 72 valence electrons. The van der Waals surface area contributed by atoms with Gasteiger partial charge in [0.05, 0.1) is 0 Å². The predicted octanol–water partition coefficient (Wildman–Crippen LogP) is -0.416. The molecular weight excluding hydrogens is 207 g/mol. The van der Waals surface area contributed by atoms with E-state index >= 15 is 0 Å². The molecule has 0 saturated heterocycles. The summed E-state index contributed by atoms with van der Waals surface area (Å²) >= 11 is 0. The van der Waals surface area contributed by atoms with Crippen molar-refractivity contribution in [1.82, 2.24) is 0 Å². The van der Waals surface area contributed by atoms with Crippen LogP contribution in [0.25, 0.3) is 0 Å². The Bertz CT molecular complexity index is 136. The molecular formula is C7H13BF3KO. The van der Waals surface area contributed by atoms with Gasteiger partial charge in [0.25, 0.3) is 0 Å². The zero-order valence-corrected chi connectivity index (χ0v) is 11.1. The number of rotatable bonds is 4. The van der Waals surface area contributed by atoms with Crippen molar-refractivity contribution in [3.05, 3.63) is 0 Å². The van der Waals surface area contributed by atoms with E-state index in [2.05, 4.69) is 4.74 Å². The molecule has 0 aromatic carbocycles. The molecule has 1 fully saturated rings. The zero-order valence-electron chi connectivity index (χ0n) is 7.94. The molecule has 0 aromatic heterocycles. The Hall–Kier alpha value is 1.45. The fourth-order valence-corrected chi connectivity index (χ4v) is 1.55. The van der Waals surface area contributed by atoms with Crippen molar-refractivity contribution in [3.63, 3.8) is 0 Å². The molecule has 1 aliphatic carbocycles. The van der Waals surface area contributed by atoms with E-state index < -0.39 is 13.5 Å². The van der Waals surface area contributed by atoms with Crippen molar-refractivity contribution in [2.75, 3.05) is 13.1 Å². The number of hydrogen-bond acceptors (Lipinski definition) is 1. The third-order valence-electron chi connectivity index (χ3n) is 2.14. The van der Waals surface area contributed by atoms with E-state index in [1.165, 1.54) is 0 Å². The summed E-state index contributed by atoms with van der Waals surface area (Å²) in [4.78, 5) is 0. The second-order valence-electron chi connectivity index (χ2n) is 3.40. The Kier molecular flexibility index (Phi) is 7.61. The molecule has 0 heterocycles. The topological polar surface area (TPSA) is 9.23 Å². The SMILES string of the molecule is F[B-](F)(F)COCC1CCCC1.[K+]. The fraction of sp³-hybridized carbons (Fsp3) is 1.00. The Labute approximate surface area is 119 Å². The van der Waals surface area contributed by atoms with Crippen LogP contribution in [0.3, 0.4) is 0 Å². The quantitative estimate of drug-likeness (QED) is 0.585. The minimum absolute atomic E-state index is 0. The molecule has 0 amide bonds. The van der Waals surface area contributed by atoms with Crippen molar-refractivity contribution in [2.24, 2.45) is 5.92 Å². The van der Waals surface area contributed by atoms with Crippen LogP contribution in [0.2, 0.25) is 0 Å². The average Bonchev–Trinajstić information content (AvgIpc) is 2.36.